The monoisotopic (exact) mass is 297 g/mol. The van der Waals surface area contributed by atoms with E-state index in [1.54, 1.807) is 23.3 Å². The molecule has 0 unspecified atom stereocenters. The number of carbonyl (C=O) groups is 2. The Bertz CT molecular complexity index is 773. The summed E-state index contributed by atoms with van der Waals surface area (Å²) < 4.78 is 5.47. The van der Waals surface area contributed by atoms with Gasteiger partial charge in [-0.1, -0.05) is 0 Å². The van der Waals surface area contributed by atoms with Crippen molar-refractivity contribution < 1.29 is 19.1 Å². The van der Waals surface area contributed by atoms with E-state index in [0.29, 0.717) is 29.3 Å². The standard InChI is InChI=1S/C17H15NO4/c19-11-3-4-14-13(9-11)15(20)5-7-18(14)17(21)12-6-8-22-16(12)10-1-2-10/h3-4,6,8-10,19H,1-2,5,7H2. The second kappa shape index (κ2) is 4.73. The summed E-state index contributed by atoms with van der Waals surface area (Å²) >= 11 is 0. The van der Waals surface area contributed by atoms with Gasteiger partial charge in [0.2, 0.25) is 0 Å². The molecule has 2 heterocycles. The molecule has 0 radical (unpaired) electrons. The smallest absolute Gasteiger partial charge is 0.261 e. The minimum Gasteiger partial charge on any atom is -0.508 e. The van der Waals surface area contributed by atoms with Gasteiger partial charge >= 0.3 is 0 Å². The number of phenols is 1. The maximum atomic E-state index is 12.9. The molecule has 1 aliphatic heterocycles. The second-order valence-corrected chi connectivity index (χ2v) is 5.80. The maximum Gasteiger partial charge on any atom is 0.261 e. The first-order valence-corrected chi connectivity index (χ1v) is 7.40. The lowest BCUT2D eigenvalue weighted by atomic mass is 9.99. The number of ketones is 1. The molecule has 1 fully saturated rings. The van der Waals surface area contributed by atoms with E-state index in [2.05, 4.69) is 0 Å². The summed E-state index contributed by atoms with van der Waals surface area (Å²) in [6.45, 7) is 0.352. The van der Waals surface area contributed by atoms with Crippen molar-refractivity contribution in [3.8, 4) is 5.75 Å². The van der Waals surface area contributed by atoms with Gasteiger partial charge in [0.1, 0.15) is 11.5 Å². The van der Waals surface area contributed by atoms with Gasteiger partial charge in [-0.05, 0) is 37.1 Å². The van der Waals surface area contributed by atoms with Crippen LogP contribution in [0.3, 0.4) is 0 Å². The number of rotatable bonds is 2. The highest BCUT2D eigenvalue weighted by Gasteiger charge is 2.35. The van der Waals surface area contributed by atoms with Crippen LogP contribution in [0.1, 0.15) is 51.7 Å². The van der Waals surface area contributed by atoms with Gasteiger partial charge in [0, 0.05) is 24.4 Å². The zero-order valence-electron chi connectivity index (χ0n) is 11.9. The van der Waals surface area contributed by atoms with Gasteiger partial charge in [-0.25, -0.2) is 0 Å². The molecule has 4 rings (SSSR count). The molecule has 0 saturated heterocycles. The van der Waals surface area contributed by atoms with Crippen molar-refractivity contribution in [1.29, 1.82) is 0 Å². The van der Waals surface area contributed by atoms with Crippen molar-refractivity contribution in [3.05, 3.63) is 47.4 Å². The van der Waals surface area contributed by atoms with Gasteiger partial charge in [-0.3, -0.25) is 9.59 Å². The summed E-state index contributed by atoms with van der Waals surface area (Å²) in [5.74, 6) is 0.935. The molecule has 1 amide bonds. The number of benzene rings is 1. The third kappa shape index (κ3) is 2.01. The van der Waals surface area contributed by atoms with E-state index < -0.39 is 0 Å². The van der Waals surface area contributed by atoms with Crippen molar-refractivity contribution in [3.63, 3.8) is 0 Å². The second-order valence-electron chi connectivity index (χ2n) is 5.80. The Balaban J connectivity index is 1.74. The van der Waals surface area contributed by atoms with E-state index in [9.17, 15) is 14.7 Å². The Morgan fingerprint density at radius 2 is 2.09 bits per heavy atom. The quantitative estimate of drug-likeness (QED) is 0.924. The van der Waals surface area contributed by atoms with E-state index >= 15 is 0 Å². The zero-order valence-corrected chi connectivity index (χ0v) is 11.9. The van der Waals surface area contributed by atoms with Gasteiger partial charge in [-0.2, -0.15) is 0 Å². The summed E-state index contributed by atoms with van der Waals surface area (Å²) in [5, 5.41) is 9.57. The molecule has 0 spiro atoms. The first-order chi connectivity index (χ1) is 10.6. The third-order valence-corrected chi connectivity index (χ3v) is 4.25. The lowest BCUT2D eigenvalue weighted by molar-refractivity contribution is 0.0954. The van der Waals surface area contributed by atoms with E-state index in [4.69, 9.17) is 4.42 Å². The molecule has 1 aliphatic carbocycles. The number of nitrogens with zero attached hydrogens (tertiary/aromatic N) is 1. The molecule has 1 aromatic heterocycles. The highest BCUT2D eigenvalue weighted by molar-refractivity contribution is 6.13. The van der Waals surface area contributed by atoms with E-state index in [1.807, 2.05) is 0 Å². The predicted octanol–water partition coefficient (Wildman–Crippen LogP) is 3.10. The summed E-state index contributed by atoms with van der Waals surface area (Å²) in [6, 6.07) is 6.24. The van der Waals surface area contributed by atoms with Crippen LogP contribution in [0.15, 0.2) is 34.9 Å². The highest BCUT2D eigenvalue weighted by atomic mass is 16.3. The molecule has 0 bridgehead atoms. The number of Topliss-reactive ketones (excluding diaryl/α,β-unsaturated/α-hetero) is 1. The van der Waals surface area contributed by atoms with E-state index in [-0.39, 0.29) is 23.9 Å². The molecule has 1 saturated carbocycles. The van der Waals surface area contributed by atoms with Crippen molar-refractivity contribution in [1.82, 2.24) is 0 Å². The fraction of sp³-hybridized carbons (Fsp3) is 0.294. The fourth-order valence-electron chi connectivity index (χ4n) is 2.97. The summed E-state index contributed by atoms with van der Waals surface area (Å²) in [7, 11) is 0. The Hall–Kier alpha value is -2.56. The minimum absolute atomic E-state index is 0.0309. The molecular weight excluding hydrogens is 282 g/mol. The van der Waals surface area contributed by atoms with Crippen molar-refractivity contribution in [2.75, 3.05) is 11.4 Å². The van der Waals surface area contributed by atoms with Crippen LogP contribution in [-0.4, -0.2) is 23.3 Å². The van der Waals surface area contributed by atoms with Crippen LogP contribution in [0.5, 0.6) is 5.75 Å². The first-order valence-electron chi connectivity index (χ1n) is 7.40. The number of aromatic hydroxyl groups is 1. The van der Waals surface area contributed by atoms with Gasteiger partial charge < -0.3 is 14.4 Å². The Morgan fingerprint density at radius 1 is 1.27 bits per heavy atom. The normalized spacial score (nSPS) is 17.5. The third-order valence-electron chi connectivity index (χ3n) is 4.25. The topological polar surface area (TPSA) is 70.8 Å². The number of furan rings is 1. The number of amides is 1. The fourth-order valence-corrected chi connectivity index (χ4v) is 2.97. The number of carbonyl (C=O) groups excluding carboxylic acids is 2. The Morgan fingerprint density at radius 3 is 2.86 bits per heavy atom. The Kier molecular flexibility index (Phi) is 2.82. The minimum atomic E-state index is -0.143. The average Bonchev–Trinajstić information content (AvgIpc) is 3.24. The van der Waals surface area contributed by atoms with Crippen molar-refractivity contribution in [2.45, 2.75) is 25.2 Å². The van der Waals surface area contributed by atoms with Crippen molar-refractivity contribution >= 4 is 17.4 Å². The summed E-state index contributed by atoms with van der Waals surface area (Å²) in [5.41, 5.74) is 1.54. The molecule has 2 aliphatic rings. The number of phenolic OH excluding ortho intramolecular Hbond substituents is 1. The van der Waals surface area contributed by atoms with Crippen molar-refractivity contribution in [2.24, 2.45) is 0 Å². The Labute approximate surface area is 127 Å². The maximum absolute atomic E-state index is 12.9. The lowest BCUT2D eigenvalue weighted by Crippen LogP contribution is -2.37. The molecule has 0 atom stereocenters. The van der Waals surface area contributed by atoms with E-state index in [0.717, 1.165) is 18.6 Å². The SMILES string of the molecule is O=C1CCN(C(=O)c2ccoc2C2CC2)c2ccc(O)cc21. The molecular formula is C17H15NO4. The van der Waals surface area contributed by atoms with Crippen LogP contribution in [0, 0.1) is 0 Å². The first kappa shape index (κ1) is 13.1. The molecule has 22 heavy (non-hydrogen) atoms. The van der Waals surface area contributed by atoms with Crippen LogP contribution in [0.2, 0.25) is 0 Å². The average molecular weight is 297 g/mol. The van der Waals surface area contributed by atoms with Gasteiger partial charge in [0.25, 0.3) is 5.91 Å². The molecule has 2 aromatic rings. The van der Waals surface area contributed by atoms with Crippen LogP contribution in [-0.2, 0) is 0 Å². The highest BCUT2D eigenvalue weighted by Crippen LogP contribution is 2.43. The lowest BCUT2D eigenvalue weighted by Gasteiger charge is -2.28. The predicted molar refractivity (Wildman–Crippen MR) is 79.4 cm³/mol. The molecule has 112 valence electrons. The molecule has 1 aromatic carbocycles. The van der Waals surface area contributed by atoms with Crippen LogP contribution in [0.25, 0.3) is 0 Å². The van der Waals surface area contributed by atoms with Crippen LogP contribution in [0.4, 0.5) is 5.69 Å². The molecule has 5 heteroatoms. The summed E-state index contributed by atoms with van der Waals surface area (Å²) in [4.78, 5) is 26.5. The zero-order chi connectivity index (χ0) is 15.3. The number of hydrogen-bond donors (Lipinski definition) is 1. The van der Waals surface area contributed by atoms with E-state index in [1.165, 1.54) is 12.1 Å². The largest absolute Gasteiger partial charge is 0.508 e. The molecule has 5 nitrogen and oxygen atoms in total. The van der Waals surface area contributed by atoms with Gasteiger partial charge in [0.15, 0.2) is 5.78 Å². The van der Waals surface area contributed by atoms with Crippen LogP contribution >= 0.6 is 0 Å². The number of anilines is 1. The van der Waals surface area contributed by atoms with Gasteiger partial charge in [-0.15, -0.1) is 0 Å². The number of hydrogen-bond acceptors (Lipinski definition) is 4. The number of fused-ring (bicyclic) bond motifs is 1. The van der Waals surface area contributed by atoms with Gasteiger partial charge in [0.05, 0.1) is 17.5 Å². The molecule has 1 N–H and O–H groups in total. The van der Waals surface area contributed by atoms with Crippen LogP contribution < -0.4 is 4.90 Å². The summed E-state index contributed by atoms with van der Waals surface area (Å²) in [6.07, 6.45) is 3.92.